The number of piperazine rings is 1. The predicted molar refractivity (Wildman–Crippen MR) is 106 cm³/mol. The Morgan fingerprint density at radius 2 is 1.78 bits per heavy atom. The van der Waals surface area contributed by atoms with Crippen LogP contribution in [-0.4, -0.2) is 50.4 Å². The van der Waals surface area contributed by atoms with Gasteiger partial charge in [-0.05, 0) is 48.2 Å². The molecule has 0 aromatic heterocycles. The van der Waals surface area contributed by atoms with Crippen molar-refractivity contribution in [1.82, 2.24) is 9.21 Å². The fourth-order valence-electron chi connectivity index (χ4n) is 3.85. The Morgan fingerprint density at radius 3 is 2.56 bits per heavy atom. The van der Waals surface area contributed by atoms with Crippen LogP contribution >= 0.6 is 0 Å². The van der Waals surface area contributed by atoms with E-state index >= 15 is 0 Å². The van der Waals surface area contributed by atoms with E-state index in [9.17, 15) is 8.42 Å². The number of nitrogens with zero attached hydrogens (tertiary/aromatic N) is 2. The Morgan fingerprint density at radius 1 is 1.00 bits per heavy atom. The fourth-order valence-corrected chi connectivity index (χ4v) is 5.58. The van der Waals surface area contributed by atoms with Gasteiger partial charge in [0.2, 0.25) is 10.0 Å². The lowest BCUT2D eigenvalue weighted by Gasteiger charge is -2.34. The second-order valence-corrected chi connectivity index (χ2v) is 9.40. The van der Waals surface area contributed by atoms with Crippen LogP contribution in [0.2, 0.25) is 0 Å². The summed E-state index contributed by atoms with van der Waals surface area (Å²) in [6.45, 7) is 7.97. The van der Waals surface area contributed by atoms with Crippen molar-refractivity contribution in [3.63, 3.8) is 0 Å². The number of benzene rings is 2. The Balaban J connectivity index is 1.42. The van der Waals surface area contributed by atoms with Crippen molar-refractivity contribution >= 4 is 10.0 Å². The van der Waals surface area contributed by atoms with Gasteiger partial charge in [-0.1, -0.05) is 24.3 Å². The van der Waals surface area contributed by atoms with Gasteiger partial charge in [-0.3, -0.25) is 4.90 Å². The average molecular weight is 387 g/mol. The third-order valence-corrected chi connectivity index (χ3v) is 7.49. The SMILES string of the molecule is Cc1ccc(C)c(S(=O)(=O)N2CCN(Cc3ccc4c(c3)CCO4)CC2)c1. The Kier molecular flexibility index (Phi) is 4.97. The molecule has 0 aliphatic carbocycles. The highest BCUT2D eigenvalue weighted by Gasteiger charge is 2.29. The summed E-state index contributed by atoms with van der Waals surface area (Å²) in [6.07, 6.45) is 0.977. The molecule has 4 rings (SSSR count). The van der Waals surface area contributed by atoms with Crippen LogP contribution < -0.4 is 4.74 Å². The van der Waals surface area contributed by atoms with Crippen molar-refractivity contribution in [2.75, 3.05) is 32.8 Å². The maximum absolute atomic E-state index is 13.0. The van der Waals surface area contributed by atoms with Crippen molar-refractivity contribution in [3.05, 3.63) is 58.7 Å². The standard InChI is InChI=1S/C21H26N2O3S/c1-16-3-4-17(2)21(13-16)27(24,25)23-10-8-22(9-11-23)15-18-5-6-20-19(14-18)7-12-26-20/h3-6,13-14H,7-12,15H2,1-2H3. The van der Waals surface area contributed by atoms with Gasteiger partial charge in [-0.2, -0.15) is 4.31 Å². The van der Waals surface area contributed by atoms with Crippen LogP contribution in [0.3, 0.4) is 0 Å². The van der Waals surface area contributed by atoms with E-state index in [1.54, 1.807) is 10.4 Å². The topological polar surface area (TPSA) is 49.9 Å². The normalized spacial score (nSPS) is 18.3. The lowest BCUT2D eigenvalue weighted by Crippen LogP contribution is -2.48. The van der Waals surface area contributed by atoms with E-state index in [1.165, 1.54) is 11.1 Å². The van der Waals surface area contributed by atoms with Crippen molar-refractivity contribution in [2.45, 2.75) is 31.7 Å². The maximum Gasteiger partial charge on any atom is 0.243 e. The lowest BCUT2D eigenvalue weighted by atomic mass is 10.1. The molecule has 2 aliphatic rings. The number of hydrogen-bond donors (Lipinski definition) is 0. The molecule has 0 N–H and O–H groups in total. The van der Waals surface area contributed by atoms with Crippen molar-refractivity contribution in [1.29, 1.82) is 0 Å². The summed E-state index contributed by atoms with van der Waals surface area (Å²) < 4.78 is 33.3. The minimum atomic E-state index is -3.43. The number of rotatable bonds is 4. The molecule has 27 heavy (non-hydrogen) atoms. The molecule has 0 bridgehead atoms. The zero-order valence-corrected chi connectivity index (χ0v) is 16.8. The Hall–Kier alpha value is -1.89. The number of sulfonamides is 1. The molecule has 0 amide bonds. The third-order valence-electron chi connectivity index (χ3n) is 5.45. The Labute approximate surface area is 161 Å². The molecule has 1 saturated heterocycles. The second-order valence-electron chi connectivity index (χ2n) is 7.49. The smallest absolute Gasteiger partial charge is 0.243 e. The molecule has 0 atom stereocenters. The van der Waals surface area contributed by atoms with Gasteiger partial charge in [0.25, 0.3) is 0 Å². The minimum absolute atomic E-state index is 0.439. The molecular formula is C21H26N2O3S. The number of ether oxygens (including phenoxy) is 1. The molecular weight excluding hydrogens is 360 g/mol. The van der Waals surface area contributed by atoms with Gasteiger partial charge in [-0.15, -0.1) is 0 Å². The zero-order valence-electron chi connectivity index (χ0n) is 15.9. The summed E-state index contributed by atoms with van der Waals surface area (Å²) in [5, 5.41) is 0. The van der Waals surface area contributed by atoms with E-state index in [2.05, 4.69) is 23.1 Å². The Bertz CT molecular complexity index is 948. The average Bonchev–Trinajstić information content (AvgIpc) is 3.12. The molecule has 2 aromatic carbocycles. The van der Waals surface area contributed by atoms with Crippen LogP contribution in [0.5, 0.6) is 5.75 Å². The van der Waals surface area contributed by atoms with Crippen molar-refractivity contribution in [3.8, 4) is 5.75 Å². The van der Waals surface area contributed by atoms with Gasteiger partial charge in [-0.25, -0.2) is 8.42 Å². The van der Waals surface area contributed by atoms with Gasteiger partial charge < -0.3 is 4.74 Å². The van der Waals surface area contributed by atoms with E-state index in [0.717, 1.165) is 49.5 Å². The molecule has 0 unspecified atom stereocenters. The van der Waals surface area contributed by atoms with Crippen LogP contribution in [0.25, 0.3) is 0 Å². The summed E-state index contributed by atoms with van der Waals surface area (Å²) in [5.74, 6) is 1.00. The minimum Gasteiger partial charge on any atom is -0.493 e. The van der Waals surface area contributed by atoms with E-state index in [-0.39, 0.29) is 0 Å². The van der Waals surface area contributed by atoms with Gasteiger partial charge >= 0.3 is 0 Å². The number of fused-ring (bicyclic) bond motifs is 1. The van der Waals surface area contributed by atoms with Gasteiger partial charge in [0, 0.05) is 39.1 Å². The molecule has 2 aromatic rings. The first kappa shape index (κ1) is 18.5. The van der Waals surface area contributed by atoms with Crippen LogP contribution in [0.15, 0.2) is 41.3 Å². The van der Waals surface area contributed by atoms with Gasteiger partial charge in [0.05, 0.1) is 11.5 Å². The predicted octanol–water partition coefficient (Wildman–Crippen LogP) is 2.74. The first-order chi connectivity index (χ1) is 12.9. The van der Waals surface area contributed by atoms with Crippen LogP contribution in [0.1, 0.15) is 22.3 Å². The molecule has 0 radical (unpaired) electrons. The number of aryl methyl sites for hydroxylation is 2. The molecule has 0 spiro atoms. The van der Waals surface area contributed by atoms with Crippen LogP contribution in [0.4, 0.5) is 0 Å². The van der Waals surface area contributed by atoms with E-state index in [1.807, 2.05) is 26.0 Å². The summed E-state index contributed by atoms with van der Waals surface area (Å²) in [5.41, 5.74) is 4.33. The van der Waals surface area contributed by atoms with Gasteiger partial charge in [0.15, 0.2) is 0 Å². The van der Waals surface area contributed by atoms with Gasteiger partial charge in [0.1, 0.15) is 5.75 Å². The summed E-state index contributed by atoms with van der Waals surface area (Å²) in [4.78, 5) is 2.77. The summed E-state index contributed by atoms with van der Waals surface area (Å²) >= 11 is 0. The van der Waals surface area contributed by atoms with Crippen LogP contribution in [0, 0.1) is 13.8 Å². The first-order valence-electron chi connectivity index (χ1n) is 9.48. The highest BCUT2D eigenvalue weighted by Crippen LogP contribution is 2.27. The van der Waals surface area contributed by atoms with Crippen molar-refractivity contribution in [2.24, 2.45) is 0 Å². The monoisotopic (exact) mass is 386 g/mol. The van der Waals surface area contributed by atoms with Crippen LogP contribution in [-0.2, 0) is 23.0 Å². The largest absolute Gasteiger partial charge is 0.493 e. The molecule has 144 valence electrons. The summed E-state index contributed by atoms with van der Waals surface area (Å²) in [6, 6.07) is 12.0. The quantitative estimate of drug-likeness (QED) is 0.811. The zero-order chi connectivity index (χ0) is 19.0. The fraction of sp³-hybridized carbons (Fsp3) is 0.429. The molecule has 6 heteroatoms. The molecule has 5 nitrogen and oxygen atoms in total. The third kappa shape index (κ3) is 3.74. The molecule has 2 heterocycles. The van der Waals surface area contributed by atoms with Crippen molar-refractivity contribution < 1.29 is 13.2 Å². The highest BCUT2D eigenvalue weighted by atomic mass is 32.2. The first-order valence-corrected chi connectivity index (χ1v) is 10.9. The molecule has 1 fully saturated rings. The maximum atomic E-state index is 13.0. The molecule has 0 saturated carbocycles. The van der Waals surface area contributed by atoms with E-state index < -0.39 is 10.0 Å². The molecule has 2 aliphatic heterocycles. The van der Waals surface area contributed by atoms with E-state index in [4.69, 9.17) is 4.74 Å². The number of hydrogen-bond acceptors (Lipinski definition) is 4. The lowest BCUT2D eigenvalue weighted by molar-refractivity contribution is 0.181. The highest BCUT2D eigenvalue weighted by molar-refractivity contribution is 7.89. The van der Waals surface area contributed by atoms with E-state index in [0.29, 0.717) is 18.0 Å². The second kappa shape index (κ2) is 7.26. The summed E-state index contributed by atoms with van der Waals surface area (Å²) in [7, 11) is -3.43.